The lowest BCUT2D eigenvalue weighted by Crippen LogP contribution is -2.42. The summed E-state index contributed by atoms with van der Waals surface area (Å²) in [5.74, 6) is -1.16. The Kier molecular flexibility index (Phi) is 37.4. The van der Waals surface area contributed by atoms with Gasteiger partial charge in [-0.25, -0.2) is 4.68 Å². The van der Waals surface area contributed by atoms with Gasteiger partial charge in [-0.2, -0.15) is 0 Å². The third-order valence-corrected chi connectivity index (χ3v) is 12.8. The molecule has 2 atom stereocenters. The lowest BCUT2D eigenvalue weighted by Gasteiger charge is -2.21. The molecule has 25 nitrogen and oxygen atoms in total. The Hall–Kier alpha value is -6.62. The SMILES string of the molecule is CC(=O)c1ccc(C(=O)NCCOCCOCCOCCOCCOCCOCCOCCOCCOCCNC(=O)c2cccc(OCc3cn(Cc4cccc(C(=O)NCCCC[C@@H](CC(=O)[C@H](CC(C)C)NCN)C(N)=O)c4)nn3)c2)cc1. The number of hydrogen-bond acceptors (Lipinski definition) is 20. The Morgan fingerprint density at radius 3 is 1.51 bits per heavy atom. The number of unbranched alkanes of at least 4 members (excludes halogenated alkanes) is 1. The highest BCUT2D eigenvalue weighted by Crippen LogP contribution is 2.18. The van der Waals surface area contributed by atoms with Crippen LogP contribution in [0.25, 0.3) is 0 Å². The van der Waals surface area contributed by atoms with E-state index in [9.17, 15) is 28.8 Å². The first-order valence-electron chi connectivity index (χ1n) is 29.4. The molecule has 0 aliphatic rings. The molecular weight excluding hydrogens is 1110 g/mol. The molecule has 1 heterocycles. The van der Waals surface area contributed by atoms with Crippen LogP contribution in [-0.2, 0) is 65.4 Å². The molecule has 1 aromatic heterocycles. The number of aromatic nitrogens is 3. The van der Waals surface area contributed by atoms with Crippen molar-refractivity contribution in [3.05, 3.63) is 113 Å². The van der Waals surface area contributed by atoms with Crippen LogP contribution in [0, 0.1) is 11.8 Å². The Morgan fingerprint density at radius 2 is 1.02 bits per heavy atom. The highest BCUT2D eigenvalue weighted by molar-refractivity contribution is 5.98. The summed E-state index contributed by atoms with van der Waals surface area (Å²) in [7, 11) is 0. The summed E-state index contributed by atoms with van der Waals surface area (Å²) in [6, 6.07) is 20.1. The Morgan fingerprint density at radius 1 is 0.558 bits per heavy atom. The molecule has 0 aliphatic heterocycles. The first kappa shape index (κ1) is 71.9. The molecule has 4 aromatic rings. The fourth-order valence-electron chi connectivity index (χ4n) is 8.25. The maximum absolute atomic E-state index is 13.0. The summed E-state index contributed by atoms with van der Waals surface area (Å²) < 4.78 is 57.3. The first-order valence-corrected chi connectivity index (χ1v) is 29.4. The maximum atomic E-state index is 13.0. The number of nitrogens with two attached hydrogens (primary N) is 2. The predicted octanol–water partition coefficient (Wildman–Crippen LogP) is 3.30. The number of nitrogens with zero attached hydrogens (tertiary/aromatic N) is 3. The van der Waals surface area contributed by atoms with Gasteiger partial charge in [-0.05, 0) is 80.1 Å². The third-order valence-electron chi connectivity index (χ3n) is 12.8. The molecule has 0 saturated carbocycles. The second-order valence-corrected chi connectivity index (χ2v) is 20.2. The van der Waals surface area contributed by atoms with Gasteiger partial charge in [-0.1, -0.05) is 55.8 Å². The van der Waals surface area contributed by atoms with Gasteiger partial charge in [-0.3, -0.25) is 34.1 Å². The first-order chi connectivity index (χ1) is 41.8. The molecule has 0 radical (unpaired) electrons. The van der Waals surface area contributed by atoms with Gasteiger partial charge < -0.3 is 74.8 Å². The van der Waals surface area contributed by atoms with Gasteiger partial charge in [-0.15, -0.1) is 5.10 Å². The van der Waals surface area contributed by atoms with Crippen LogP contribution in [0.1, 0.15) is 106 Å². The molecule has 0 saturated heterocycles. The zero-order valence-electron chi connectivity index (χ0n) is 50.3. The number of carbonyl (C=O) groups excluding carboxylic acids is 6. The fraction of sp³-hybridized carbons (Fsp3) is 0.574. The van der Waals surface area contributed by atoms with E-state index in [-0.39, 0.29) is 54.9 Å². The number of rotatable bonds is 52. The van der Waals surface area contributed by atoms with Crippen molar-refractivity contribution < 1.29 is 76.1 Å². The predicted molar refractivity (Wildman–Crippen MR) is 319 cm³/mol. The summed E-state index contributed by atoms with van der Waals surface area (Å²) in [6.07, 6.45) is 4.11. The average molecular weight is 1210 g/mol. The quantitative estimate of drug-likeness (QED) is 0.0210. The van der Waals surface area contributed by atoms with Crippen molar-refractivity contribution in [2.45, 2.75) is 72.1 Å². The smallest absolute Gasteiger partial charge is 0.251 e. The molecule has 4 amide bonds. The van der Waals surface area contributed by atoms with E-state index in [1.165, 1.54) is 6.92 Å². The number of hydrogen-bond donors (Lipinski definition) is 6. The van der Waals surface area contributed by atoms with E-state index in [4.69, 9.17) is 58.8 Å². The molecule has 476 valence electrons. The van der Waals surface area contributed by atoms with Crippen LogP contribution in [-0.4, -0.2) is 201 Å². The van der Waals surface area contributed by atoms with E-state index in [1.54, 1.807) is 77.6 Å². The van der Waals surface area contributed by atoms with E-state index < -0.39 is 17.9 Å². The van der Waals surface area contributed by atoms with Crippen LogP contribution >= 0.6 is 0 Å². The summed E-state index contributed by atoms with van der Waals surface area (Å²) in [4.78, 5) is 74.4. The van der Waals surface area contributed by atoms with Crippen molar-refractivity contribution >= 4 is 35.2 Å². The molecule has 0 unspecified atom stereocenters. The minimum absolute atomic E-state index is 0.0471. The van der Waals surface area contributed by atoms with Crippen LogP contribution in [0.4, 0.5) is 0 Å². The molecule has 0 fully saturated rings. The van der Waals surface area contributed by atoms with E-state index >= 15 is 0 Å². The van der Waals surface area contributed by atoms with E-state index in [0.29, 0.717) is 204 Å². The lowest BCUT2D eigenvalue weighted by molar-refractivity contribution is -0.128. The number of carbonyl (C=O) groups is 6. The average Bonchev–Trinajstić information content (AvgIpc) is 3.94. The summed E-state index contributed by atoms with van der Waals surface area (Å²) in [6.45, 7) is 14.7. The minimum atomic E-state index is -0.582. The summed E-state index contributed by atoms with van der Waals surface area (Å²) >= 11 is 0. The molecule has 4 rings (SSSR count). The number of ether oxygens (including phenoxy) is 10. The van der Waals surface area contributed by atoms with Crippen LogP contribution in [0.2, 0.25) is 0 Å². The molecule has 86 heavy (non-hydrogen) atoms. The molecule has 0 aliphatic carbocycles. The molecular formula is C61H91N9O16. The number of benzene rings is 3. The largest absolute Gasteiger partial charge is 0.487 e. The number of Topliss-reactive ketones (excluding diaryl/α,β-unsaturated/α-hetero) is 2. The van der Waals surface area contributed by atoms with Gasteiger partial charge in [0.25, 0.3) is 17.7 Å². The molecule has 0 bridgehead atoms. The number of ketones is 2. The fourth-order valence-corrected chi connectivity index (χ4v) is 8.25. The minimum Gasteiger partial charge on any atom is -0.487 e. The molecule has 3 aromatic carbocycles. The van der Waals surface area contributed by atoms with Gasteiger partial charge in [0, 0.05) is 60.9 Å². The summed E-state index contributed by atoms with van der Waals surface area (Å²) in [5, 5.41) is 20.0. The lowest BCUT2D eigenvalue weighted by atomic mass is 9.90. The van der Waals surface area contributed by atoms with Crippen molar-refractivity contribution in [1.29, 1.82) is 0 Å². The third kappa shape index (κ3) is 32.2. The monoisotopic (exact) mass is 1210 g/mol. The van der Waals surface area contributed by atoms with Crippen molar-refractivity contribution in [3.8, 4) is 5.75 Å². The van der Waals surface area contributed by atoms with Crippen LogP contribution in [0.15, 0.2) is 79.0 Å². The van der Waals surface area contributed by atoms with Crippen molar-refractivity contribution in [2.75, 3.05) is 145 Å². The zero-order chi connectivity index (χ0) is 61.8. The number of primary amides is 1. The van der Waals surface area contributed by atoms with Gasteiger partial charge in [0.2, 0.25) is 5.91 Å². The van der Waals surface area contributed by atoms with Crippen molar-refractivity contribution in [2.24, 2.45) is 23.3 Å². The maximum Gasteiger partial charge on any atom is 0.251 e. The number of amides is 4. The van der Waals surface area contributed by atoms with E-state index in [0.717, 1.165) is 5.56 Å². The van der Waals surface area contributed by atoms with Crippen LogP contribution in [0.5, 0.6) is 5.75 Å². The molecule has 8 N–H and O–H groups in total. The number of nitrogens with one attached hydrogen (secondary N) is 4. The Labute approximate surface area is 504 Å². The van der Waals surface area contributed by atoms with Gasteiger partial charge in [0.15, 0.2) is 11.6 Å². The van der Waals surface area contributed by atoms with Gasteiger partial charge in [0.05, 0.1) is 138 Å². The highest BCUT2D eigenvalue weighted by atomic mass is 16.6. The normalized spacial score (nSPS) is 12.0. The highest BCUT2D eigenvalue weighted by Gasteiger charge is 2.25. The van der Waals surface area contributed by atoms with Crippen LogP contribution < -0.4 is 37.5 Å². The second-order valence-electron chi connectivity index (χ2n) is 20.2. The standard InChI is InChI=1S/C61H91N9O16/c1-46(2)38-56(67-45-62)57(72)41-51(58(63)73)9-4-5-17-64-60(75)52-10-6-8-48(39-52)42-70-43-54(68-69-70)44-86-55-12-7-11-53(40-55)61(76)66-19-21-78-23-25-80-27-29-82-31-33-84-35-37-85-36-34-83-32-30-81-28-26-79-24-22-77-20-18-65-59(74)50-15-13-49(14-16-50)47(3)71/h6-8,10-16,39-40,43,46,51,56,67H,4-5,9,17-38,41-42,44-45,62H2,1-3H3,(H2,63,73)(H,64,75)(H,65,74)(H,66,76)/t51-,56-/m0/s1. The molecule has 0 spiro atoms. The topological polar surface area (TPSA) is 326 Å². The Bertz CT molecular complexity index is 2550. The Balaban J connectivity index is 0.900. The van der Waals surface area contributed by atoms with Gasteiger partial charge in [0.1, 0.15) is 18.1 Å². The van der Waals surface area contributed by atoms with Crippen molar-refractivity contribution in [1.82, 2.24) is 36.3 Å². The summed E-state index contributed by atoms with van der Waals surface area (Å²) in [5.41, 5.74) is 14.7. The van der Waals surface area contributed by atoms with Crippen LogP contribution in [0.3, 0.4) is 0 Å². The second kappa shape index (κ2) is 44.8. The van der Waals surface area contributed by atoms with E-state index in [2.05, 4.69) is 31.6 Å². The molecule has 25 heteroatoms. The van der Waals surface area contributed by atoms with E-state index in [1.807, 2.05) is 19.9 Å². The zero-order valence-corrected chi connectivity index (χ0v) is 50.3. The van der Waals surface area contributed by atoms with Gasteiger partial charge >= 0.3 is 0 Å². The van der Waals surface area contributed by atoms with Crippen molar-refractivity contribution in [3.63, 3.8) is 0 Å².